The van der Waals surface area contributed by atoms with Gasteiger partial charge < -0.3 is 9.29 Å². The molecule has 0 spiro atoms. The zero-order chi connectivity index (χ0) is 34.5. The third-order valence-corrected chi connectivity index (χ3v) is 10.6. The maximum atomic E-state index is 5.58. The summed E-state index contributed by atoms with van der Waals surface area (Å²) in [5.41, 5.74) is 10.2. The van der Waals surface area contributed by atoms with E-state index in [4.69, 9.17) is 15.0 Å². The number of benzene rings is 4. The van der Waals surface area contributed by atoms with Crippen LogP contribution in [0, 0.1) is 32.0 Å². The molecule has 0 saturated carbocycles. The Hall–Kier alpha value is -5.10. The minimum atomic E-state index is -0.671. The molecule has 0 amide bonds. The van der Waals surface area contributed by atoms with Crippen molar-refractivity contribution in [2.75, 3.05) is 11.9 Å². The first-order chi connectivity index (χ1) is 24.3. The van der Waals surface area contributed by atoms with Gasteiger partial charge in [0, 0.05) is 29.8 Å². The van der Waals surface area contributed by atoms with Gasteiger partial charge in [-0.3, -0.25) is 15.0 Å². The topological polar surface area (TPSA) is 46.8 Å². The molecule has 4 aromatic carbocycles. The Morgan fingerprint density at radius 3 is 1.78 bits per heavy atom. The zero-order valence-corrected chi connectivity index (χ0v) is 31.7. The van der Waals surface area contributed by atoms with Gasteiger partial charge >= 0.3 is 27.1 Å². The molecule has 51 heavy (non-hydrogen) atoms. The van der Waals surface area contributed by atoms with Gasteiger partial charge in [0.25, 0.3) is 0 Å². The molecule has 0 aliphatic carbocycles. The molecule has 2 atom stereocenters. The minimum Gasteiger partial charge on any atom is -0.436 e. The van der Waals surface area contributed by atoms with Crippen molar-refractivity contribution in [1.82, 2.24) is 19.4 Å². The third-order valence-electron chi connectivity index (χ3n) is 10.6. The monoisotopic (exact) mass is 839 g/mol. The zero-order valence-electron chi connectivity index (χ0n) is 29.3. The first-order valence-corrected chi connectivity index (χ1v) is 17.0. The van der Waals surface area contributed by atoms with Crippen LogP contribution < -0.4 is 10.3 Å². The van der Waals surface area contributed by atoms with Crippen LogP contribution >= 0.6 is 0 Å². The molecule has 7 aromatic rings. The van der Waals surface area contributed by atoms with Crippen molar-refractivity contribution in [3.05, 3.63) is 197 Å². The van der Waals surface area contributed by atoms with Crippen molar-refractivity contribution in [2.45, 2.75) is 38.5 Å². The quantitative estimate of drug-likeness (QED) is 0.122. The molecule has 0 saturated heterocycles. The smallest absolute Gasteiger partial charge is 0.436 e. The van der Waals surface area contributed by atoms with Crippen molar-refractivity contribution in [3.8, 4) is 11.4 Å². The summed E-state index contributed by atoms with van der Waals surface area (Å²) in [6.45, 7) is 8.69. The maximum Gasteiger partial charge on any atom is 3.00 e. The number of rotatable bonds is 7. The van der Waals surface area contributed by atoms with Gasteiger partial charge in [-0.05, 0) is 64.5 Å². The summed E-state index contributed by atoms with van der Waals surface area (Å²) in [7, 11) is 2.18. The van der Waals surface area contributed by atoms with Crippen LogP contribution in [0.15, 0.2) is 134 Å². The van der Waals surface area contributed by atoms with Crippen molar-refractivity contribution in [3.63, 3.8) is 0 Å². The molecule has 3 aromatic heterocycles. The van der Waals surface area contributed by atoms with E-state index in [2.05, 4.69) is 135 Å². The van der Waals surface area contributed by atoms with Crippen LogP contribution in [0.1, 0.15) is 58.7 Å². The van der Waals surface area contributed by atoms with Gasteiger partial charge in [-0.15, -0.1) is 34.9 Å². The summed E-state index contributed by atoms with van der Waals surface area (Å²) in [4.78, 5) is 17.7. The van der Waals surface area contributed by atoms with Crippen LogP contribution in [0.2, 0.25) is 0 Å². The summed E-state index contributed by atoms with van der Waals surface area (Å²) < 4.78 is 2.34. The largest absolute Gasteiger partial charge is 3.00 e. The second-order valence-corrected chi connectivity index (χ2v) is 13.5. The van der Waals surface area contributed by atoms with E-state index in [1.165, 1.54) is 16.6 Å². The Bertz CT molecular complexity index is 2190. The second kappa shape index (κ2) is 13.6. The first-order valence-electron chi connectivity index (χ1n) is 17.0. The van der Waals surface area contributed by atoms with E-state index >= 15 is 0 Å². The van der Waals surface area contributed by atoms with Crippen molar-refractivity contribution in [1.29, 1.82) is 0 Å². The molecule has 1 aliphatic heterocycles. The number of anilines is 1. The molecule has 4 heterocycles. The number of aromatic nitrogens is 4. The van der Waals surface area contributed by atoms with Gasteiger partial charge in [0.05, 0.1) is 22.5 Å². The van der Waals surface area contributed by atoms with Gasteiger partial charge in [0.1, 0.15) is 0 Å². The van der Waals surface area contributed by atoms with Crippen molar-refractivity contribution in [2.24, 2.45) is 0 Å². The molecular formula is C44H37BIrN5. The van der Waals surface area contributed by atoms with Gasteiger partial charge in [0.2, 0.25) is 0 Å². The van der Waals surface area contributed by atoms with Crippen LogP contribution in [-0.4, -0.2) is 33.5 Å². The van der Waals surface area contributed by atoms with Crippen LogP contribution in [-0.2, 0) is 30.9 Å². The number of fused-ring (bicyclic) bond motifs is 3. The molecule has 0 N–H and O–H groups in total. The fourth-order valence-corrected chi connectivity index (χ4v) is 7.69. The Labute approximate surface area is 315 Å². The summed E-state index contributed by atoms with van der Waals surface area (Å²) in [5, 5.41) is 0. The Balaban J connectivity index is 0.00000406. The van der Waals surface area contributed by atoms with Gasteiger partial charge in [-0.1, -0.05) is 52.7 Å². The first kappa shape index (κ1) is 34.4. The van der Waals surface area contributed by atoms with Crippen LogP contribution in [0.5, 0.6) is 0 Å². The normalized spacial score (nSPS) is 14.5. The molecule has 8 rings (SSSR count). The van der Waals surface area contributed by atoms with E-state index in [-0.39, 0.29) is 27.1 Å². The third kappa shape index (κ3) is 5.56. The standard InChI is InChI=1S/C44H37BN5.Ir/c1-31-17-16-18-32(2)41(31)45-49(5)37-26-25-35(43(3,33-19-8-6-9-20-33)38-23-12-14-27-46-38)29-36(37)42-48-40(30-50(42)45)44(4,34-21-10-7-11-22-34)39-24-13-15-28-47-39;/h6-19,21,23-28,30H,1-5H3;/q-3;+3/t43?,44-;/m1./s1. The summed E-state index contributed by atoms with van der Waals surface area (Å²) in [6, 6.07) is 50.4. The Morgan fingerprint density at radius 1 is 0.627 bits per heavy atom. The number of aryl methyl sites for hydroxylation is 2. The minimum absolute atomic E-state index is 0. The molecule has 0 radical (unpaired) electrons. The number of imidazole rings is 1. The van der Waals surface area contributed by atoms with Crippen molar-refractivity contribution >= 4 is 18.1 Å². The number of hydrogen-bond acceptors (Lipinski definition) is 4. The Kier molecular flexibility index (Phi) is 9.13. The van der Waals surface area contributed by atoms with Crippen LogP contribution in [0.4, 0.5) is 5.69 Å². The molecule has 5 nitrogen and oxygen atoms in total. The number of nitrogens with zero attached hydrogens (tertiary/aromatic N) is 5. The van der Waals surface area contributed by atoms with E-state index in [0.717, 1.165) is 50.8 Å². The van der Waals surface area contributed by atoms with Crippen LogP contribution in [0.25, 0.3) is 11.4 Å². The van der Waals surface area contributed by atoms with E-state index < -0.39 is 10.8 Å². The summed E-state index contributed by atoms with van der Waals surface area (Å²) in [5.74, 6) is 0.862. The molecule has 7 heteroatoms. The molecule has 1 aliphatic rings. The number of hydrogen-bond donors (Lipinski definition) is 0. The van der Waals surface area contributed by atoms with Gasteiger partial charge in [0.15, 0.2) is 0 Å². The van der Waals surface area contributed by atoms with Crippen molar-refractivity contribution < 1.29 is 20.1 Å². The van der Waals surface area contributed by atoms with Gasteiger partial charge in [-0.2, -0.15) is 60.7 Å². The molecule has 0 fully saturated rings. The SMILES string of the molecule is Cc1cccc(C)c1B1N(C)c2ccc(C(C)(c3[c-]cccc3)c3ccccn3)[c-]c2-c2nc([C@](C)(c3[c-]cccc3)c3ccccn3)cn21.[Ir+3]. The fourth-order valence-electron chi connectivity index (χ4n) is 7.69. The van der Waals surface area contributed by atoms with Crippen LogP contribution in [0.3, 0.4) is 0 Å². The summed E-state index contributed by atoms with van der Waals surface area (Å²) in [6.07, 6.45) is 5.94. The molecular weight excluding hydrogens is 802 g/mol. The van der Waals surface area contributed by atoms with E-state index in [1.807, 2.05) is 60.9 Å². The molecule has 0 bridgehead atoms. The van der Waals surface area contributed by atoms with Gasteiger partial charge in [-0.25, -0.2) is 0 Å². The average molecular weight is 839 g/mol. The van der Waals surface area contributed by atoms with E-state index in [0.29, 0.717) is 0 Å². The number of pyridine rings is 2. The second-order valence-electron chi connectivity index (χ2n) is 13.5. The average Bonchev–Trinajstić information content (AvgIpc) is 3.62. The predicted molar refractivity (Wildman–Crippen MR) is 202 cm³/mol. The van der Waals surface area contributed by atoms with E-state index in [1.54, 1.807) is 0 Å². The Morgan fingerprint density at radius 2 is 1.22 bits per heavy atom. The molecule has 1 unspecified atom stereocenters. The summed E-state index contributed by atoms with van der Waals surface area (Å²) >= 11 is 0. The predicted octanol–water partition coefficient (Wildman–Crippen LogP) is 7.76. The maximum absolute atomic E-state index is 5.58. The van der Waals surface area contributed by atoms with E-state index in [9.17, 15) is 0 Å². The molecule has 250 valence electrons. The fraction of sp³-hybridized carbons (Fsp3) is 0.159.